The van der Waals surface area contributed by atoms with E-state index in [9.17, 15) is 4.79 Å². The van der Waals surface area contributed by atoms with Gasteiger partial charge in [0.2, 0.25) is 5.91 Å². The van der Waals surface area contributed by atoms with Crippen molar-refractivity contribution in [2.24, 2.45) is 0 Å². The number of amides is 1. The molecule has 0 saturated carbocycles. The van der Waals surface area contributed by atoms with Gasteiger partial charge in [-0.25, -0.2) is 0 Å². The van der Waals surface area contributed by atoms with Crippen LogP contribution in [0.25, 0.3) is 0 Å². The molecule has 2 aliphatic rings. The van der Waals surface area contributed by atoms with Gasteiger partial charge < -0.3 is 24.2 Å². The quantitative estimate of drug-likeness (QED) is 0.633. The highest BCUT2D eigenvalue weighted by molar-refractivity contribution is 5.79. The first-order valence-electron chi connectivity index (χ1n) is 11.2. The summed E-state index contributed by atoms with van der Waals surface area (Å²) in [6, 6.07) is 8.24. The predicted molar refractivity (Wildman–Crippen MR) is 115 cm³/mol. The average Bonchev–Trinajstić information content (AvgIpc) is 2.75. The number of hydrogen-bond donors (Lipinski definition) is 0. The third-order valence-corrected chi connectivity index (χ3v) is 6.01. The maximum Gasteiger partial charge on any atom is 0.227 e. The van der Waals surface area contributed by atoms with E-state index in [-0.39, 0.29) is 5.91 Å². The summed E-state index contributed by atoms with van der Waals surface area (Å²) in [5.41, 5.74) is 1.05. The van der Waals surface area contributed by atoms with Crippen LogP contribution >= 0.6 is 0 Å². The summed E-state index contributed by atoms with van der Waals surface area (Å²) in [5, 5.41) is 0. The lowest BCUT2D eigenvalue weighted by atomic mass is 10.0. The molecule has 6 heteroatoms. The first-order chi connectivity index (χ1) is 14.2. The molecule has 2 aliphatic heterocycles. The summed E-state index contributed by atoms with van der Waals surface area (Å²) in [5.74, 6) is 1.09. The summed E-state index contributed by atoms with van der Waals surface area (Å²) in [7, 11) is 2.18. The van der Waals surface area contributed by atoms with E-state index in [1.54, 1.807) is 0 Å². The zero-order valence-corrected chi connectivity index (χ0v) is 18.1. The Kier molecular flexibility index (Phi) is 8.77. The van der Waals surface area contributed by atoms with Gasteiger partial charge >= 0.3 is 0 Å². The van der Waals surface area contributed by atoms with Crippen LogP contribution in [0.2, 0.25) is 0 Å². The van der Waals surface area contributed by atoms with Crippen LogP contribution in [0.1, 0.15) is 31.7 Å². The molecule has 0 aliphatic carbocycles. The van der Waals surface area contributed by atoms with Crippen LogP contribution in [0.3, 0.4) is 0 Å². The number of piperazine rings is 1. The van der Waals surface area contributed by atoms with Crippen LogP contribution in [0.5, 0.6) is 5.75 Å². The van der Waals surface area contributed by atoms with Crippen LogP contribution < -0.4 is 4.74 Å². The van der Waals surface area contributed by atoms with E-state index in [0.717, 1.165) is 83.1 Å². The molecule has 6 nitrogen and oxygen atoms in total. The minimum Gasteiger partial charge on any atom is -0.494 e. The number of nitrogens with zero attached hydrogens (tertiary/aromatic N) is 3. The topological polar surface area (TPSA) is 45.2 Å². The highest BCUT2D eigenvalue weighted by Gasteiger charge is 2.26. The molecule has 0 N–H and O–H groups in total. The fraction of sp³-hybridized carbons (Fsp3) is 0.696. The summed E-state index contributed by atoms with van der Waals surface area (Å²) < 4.78 is 11.0. The Morgan fingerprint density at radius 2 is 1.83 bits per heavy atom. The molecule has 0 unspecified atom stereocenters. The van der Waals surface area contributed by atoms with E-state index in [4.69, 9.17) is 9.47 Å². The van der Waals surface area contributed by atoms with Crippen molar-refractivity contribution >= 4 is 5.91 Å². The van der Waals surface area contributed by atoms with Gasteiger partial charge in [0.25, 0.3) is 0 Å². The predicted octanol–water partition coefficient (Wildman–Crippen LogP) is 2.27. The molecule has 2 heterocycles. The zero-order chi connectivity index (χ0) is 20.5. The maximum atomic E-state index is 13.2. The number of likely N-dealkylation sites (N-methyl/N-ethyl adjacent to an activating group) is 1. The van der Waals surface area contributed by atoms with Crippen LogP contribution in [0.15, 0.2) is 24.3 Å². The molecule has 3 rings (SSSR count). The van der Waals surface area contributed by atoms with Gasteiger partial charge in [-0.15, -0.1) is 0 Å². The van der Waals surface area contributed by atoms with Gasteiger partial charge in [0.05, 0.1) is 13.0 Å². The number of benzene rings is 1. The second kappa shape index (κ2) is 11.5. The van der Waals surface area contributed by atoms with E-state index in [0.29, 0.717) is 19.1 Å². The SMILES string of the molecule is CCOc1ccc(CC(=O)N(CCCN2CCN(C)CC2)C2CCOCC2)cc1. The second-order valence-electron chi connectivity index (χ2n) is 8.18. The molecule has 0 atom stereocenters. The lowest BCUT2D eigenvalue weighted by molar-refractivity contribution is -0.134. The molecule has 1 amide bonds. The van der Waals surface area contributed by atoms with Gasteiger partial charge in [0, 0.05) is 52.0 Å². The van der Waals surface area contributed by atoms with E-state index in [2.05, 4.69) is 21.7 Å². The first kappa shape index (κ1) is 22.1. The molecule has 2 saturated heterocycles. The molecule has 1 aromatic carbocycles. The van der Waals surface area contributed by atoms with E-state index < -0.39 is 0 Å². The standard InChI is InChI=1S/C23H37N3O3/c1-3-29-22-7-5-20(6-8-22)19-23(27)26(21-9-17-28-18-10-21)12-4-11-25-15-13-24(2)14-16-25/h5-8,21H,3-4,9-19H2,1-2H3. The summed E-state index contributed by atoms with van der Waals surface area (Å²) in [6.45, 7) is 10.6. The summed E-state index contributed by atoms with van der Waals surface area (Å²) in [6.07, 6.45) is 3.39. The van der Waals surface area contributed by atoms with Crippen molar-refractivity contribution in [3.8, 4) is 5.75 Å². The normalized spacial score (nSPS) is 19.2. The molecule has 29 heavy (non-hydrogen) atoms. The molecule has 0 bridgehead atoms. The monoisotopic (exact) mass is 403 g/mol. The van der Waals surface area contributed by atoms with Crippen molar-refractivity contribution in [1.82, 2.24) is 14.7 Å². The molecule has 0 aromatic heterocycles. The molecular formula is C23H37N3O3. The Morgan fingerprint density at radius 3 is 2.48 bits per heavy atom. The number of carbonyl (C=O) groups is 1. The van der Waals surface area contributed by atoms with Crippen LogP contribution in [0.4, 0.5) is 0 Å². The minimum atomic E-state index is 0.236. The zero-order valence-electron chi connectivity index (χ0n) is 18.1. The van der Waals surface area contributed by atoms with Gasteiger partial charge in [-0.2, -0.15) is 0 Å². The molecule has 1 aromatic rings. The van der Waals surface area contributed by atoms with Crippen molar-refractivity contribution in [1.29, 1.82) is 0 Å². The van der Waals surface area contributed by atoms with Crippen molar-refractivity contribution in [2.45, 2.75) is 38.6 Å². The average molecular weight is 404 g/mol. The van der Waals surface area contributed by atoms with Crippen LogP contribution in [-0.2, 0) is 16.0 Å². The van der Waals surface area contributed by atoms with Crippen LogP contribution in [-0.4, -0.2) is 92.8 Å². The fourth-order valence-electron chi connectivity index (χ4n) is 4.19. The van der Waals surface area contributed by atoms with Gasteiger partial charge in [0.15, 0.2) is 0 Å². The Bertz CT molecular complexity index is 608. The van der Waals surface area contributed by atoms with E-state index in [1.165, 1.54) is 0 Å². The summed E-state index contributed by atoms with van der Waals surface area (Å²) >= 11 is 0. The first-order valence-corrected chi connectivity index (χ1v) is 11.2. The molecular weight excluding hydrogens is 366 g/mol. The Morgan fingerprint density at radius 1 is 1.14 bits per heavy atom. The Balaban J connectivity index is 1.54. The van der Waals surface area contributed by atoms with Gasteiger partial charge in [0.1, 0.15) is 5.75 Å². The second-order valence-corrected chi connectivity index (χ2v) is 8.18. The number of hydrogen-bond acceptors (Lipinski definition) is 5. The molecule has 0 radical (unpaired) electrons. The highest BCUT2D eigenvalue weighted by Crippen LogP contribution is 2.18. The Hall–Kier alpha value is -1.63. The number of ether oxygens (including phenoxy) is 2. The molecule has 2 fully saturated rings. The van der Waals surface area contributed by atoms with Crippen molar-refractivity contribution in [3.63, 3.8) is 0 Å². The van der Waals surface area contributed by atoms with Gasteiger partial charge in [-0.1, -0.05) is 12.1 Å². The highest BCUT2D eigenvalue weighted by atomic mass is 16.5. The van der Waals surface area contributed by atoms with Crippen molar-refractivity contribution in [3.05, 3.63) is 29.8 Å². The third kappa shape index (κ3) is 6.98. The third-order valence-electron chi connectivity index (χ3n) is 6.01. The van der Waals surface area contributed by atoms with Crippen molar-refractivity contribution < 1.29 is 14.3 Å². The van der Waals surface area contributed by atoms with Gasteiger partial charge in [-0.3, -0.25) is 4.79 Å². The smallest absolute Gasteiger partial charge is 0.227 e. The minimum absolute atomic E-state index is 0.236. The molecule has 162 valence electrons. The lowest BCUT2D eigenvalue weighted by Crippen LogP contribution is -2.47. The Labute approximate surface area is 175 Å². The van der Waals surface area contributed by atoms with E-state index >= 15 is 0 Å². The van der Waals surface area contributed by atoms with Gasteiger partial charge in [-0.05, 0) is 57.5 Å². The fourth-order valence-corrected chi connectivity index (χ4v) is 4.19. The van der Waals surface area contributed by atoms with Crippen LogP contribution in [0, 0.1) is 0 Å². The number of rotatable bonds is 9. The lowest BCUT2D eigenvalue weighted by Gasteiger charge is -2.36. The largest absolute Gasteiger partial charge is 0.494 e. The molecule has 0 spiro atoms. The summed E-state index contributed by atoms with van der Waals surface area (Å²) in [4.78, 5) is 20.2. The number of carbonyl (C=O) groups excluding carboxylic acids is 1. The van der Waals surface area contributed by atoms with Crippen molar-refractivity contribution in [2.75, 3.05) is 66.1 Å². The van der Waals surface area contributed by atoms with E-state index in [1.807, 2.05) is 31.2 Å². The maximum absolute atomic E-state index is 13.2.